The Kier molecular flexibility index (Phi) is 5.19. The highest BCUT2D eigenvalue weighted by atomic mass is 35.5. The van der Waals surface area contributed by atoms with Crippen molar-refractivity contribution in [1.29, 1.82) is 0 Å². The molecule has 1 amide bonds. The van der Waals surface area contributed by atoms with E-state index in [9.17, 15) is 4.79 Å². The molecule has 4 rings (SSSR count). The van der Waals surface area contributed by atoms with Crippen LogP contribution in [-0.2, 0) is 17.9 Å². The number of carbonyl (C=O) groups excluding carboxylic acids is 1. The van der Waals surface area contributed by atoms with Crippen LogP contribution < -0.4 is 0 Å². The van der Waals surface area contributed by atoms with E-state index in [1.807, 2.05) is 17.0 Å². The SMILES string of the molecule is CCCC(=O)N1CCC(c2nnc3n2-c2ccc(Cl)cc2CN(C)C3)CC1. The Hall–Kier alpha value is -1.92. The van der Waals surface area contributed by atoms with E-state index in [1.54, 1.807) is 0 Å². The van der Waals surface area contributed by atoms with Crippen LogP contribution in [0, 0.1) is 0 Å². The lowest BCUT2D eigenvalue weighted by molar-refractivity contribution is -0.132. The van der Waals surface area contributed by atoms with Crippen LogP contribution in [0.15, 0.2) is 18.2 Å². The Balaban J connectivity index is 1.63. The lowest BCUT2D eigenvalue weighted by atomic mass is 9.95. The first kappa shape index (κ1) is 18.4. The van der Waals surface area contributed by atoms with E-state index in [4.69, 9.17) is 11.6 Å². The summed E-state index contributed by atoms with van der Waals surface area (Å²) >= 11 is 6.24. The fraction of sp³-hybridized carbons (Fsp3) is 0.550. The van der Waals surface area contributed by atoms with Gasteiger partial charge in [0.15, 0.2) is 5.82 Å². The van der Waals surface area contributed by atoms with E-state index < -0.39 is 0 Å². The highest BCUT2D eigenvalue weighted by Crippen LogP contribution is 2.33. The second-order valence-electron chi connectivity index (χ2n) is 7.66. The van der Waals surface area contributed by atoms with Gasteiger partial charge in [-0.05, 0) is 50.1 Å². The second-order valence-corrected chi connectivity index (χ2v) is 8.10. The molecule has 2 aliphatic rings. The van der Waals surface area contributed by atoms with Gasteiger partial charge in [0, 0.05) is 37.0 Å². The zero-order valence-electron chi connectivity index (χ0n) is 16.0. The molecular formula is C20H26ClN5O. The van der Waals surface area contributed by atoms with Crippen molar-refractivity contribution in [2.75, 3.05) is 20.1 Å². The van der Waals surface area contributed by atoms with Crippen molar-refractivity contribution in [3.05, 3.63) is 40.4 Å². The summed E-state index contributed by atoms with van der Waals surface area (Å²) in [6, 6.07) is 6.05. The summed E-state index contributed by atoms with van der Waals surface area (Å²) in [6.07, 6.45) is 3.42. The van der Waals surface area contributed by atoms with Gasteiger partial charge in [-0.15, -0.1) is 10.2 Å². The number of aromatic nitrogens is 3. The van der Waals surface area contributed by atoms with Crippen LogP contribution in [0.4, 0.5) is 0 Å². The molecule has 0 radical (unpaired) electrons. The summed E-state index contributed by atoms with van der Waals surface area (Å²) in [5.74, 6) is 2.59. The summed E-state index contributed by atoms with van der Waals surface area (Å²) in [7, 11) is 2.09. The molecule has 144 valence electrons. The second kappa shape index (κ2) is 7.60. The normalized spacial score (nSPS) is 18.1. The number of rotatable bonds is 3. The molecule has 2 aliphatic heterocycles. The van der Waals surface area contributed by atoms with Crippen molar-refractivity contribution in [3.8, 4) is 5.69 Å². The highest BCUT2D eigenvalue weighted by Gasteiger charge is 2.30. The van der Waals surface area contributed by atoms with E-state index in [-0.39, 0.29) is 5.91 Å². The number of amides is 1. The third-order valence-corrected chi connectivity index (χ3v) is 5.80. The van der Waals surface area contributed by atoms with Gasteiger partial charge in [0.25, 0.3) is 0 Å². The number of carbonyl (C=O) groups is 1. The van der Waals surface area contributed by atoms with Gasteiger partial charge in [0.05, 0.1) is 12.2 Å². The Morgan fingerprint density at radius 2 is 2.00 bits per heavy atom. The molecule has 0 N–H and O–H groups in total. The number of piperidine rings is 1. The molecule has 0 bridgehead atoms. The molecule has 1 aromatic heterocycles. The van der Waals surface area contributed by atoms with E-state index >= 15 is 0 Å². The minimum atomic E-state index is 0.276. The van der Waals surface area contributed by atoms with Crippen molar-refractivity contribution < 1.29 is 4.79 Å². The molecule has 0 aliphatic carbocycles. The molecule has 7 heteroatoms. The van der Waals surface area contributed by atoms with E-state index in [1.165, 1.54) is 5.56 Å². The zero-order chi connectivity index (χ0) is 19.0. The summed E-state index contributed by atoms with van der Waals surface area (Å²) in [4.78, 5) is 16.4. The Bertz CT molecular complexity index is 841. The molecule has 6 nitrogen and oxygen atoms in total. The smallest absolute Gasteiger partial charge is 0.222 e. The Labute approximate surface area is 165 Å². The van der Waals surface area contributed by atoms with Gasteiger partial charge in [-0.25, -0.2) is 0 Å². The molecule has 1 saturated heterocycles. The van der Waals surface area contributed by atoms with Gasteiger partial charge < -0.3 is 4.90 Å². The van der Waals surface area contributed by atoms with Crippen LogP contribution in [0.3, 0.4) is 0 Å². The fourth-order valence-corrected chi connectivity index (χ4v) is 4.40. The van der Waals surface area contributed by atoms with E-state index in [2.05, 4.69) is 39.7 Å². The lowest BCUT2D eigenvalue weighted by Crippen LogP contribution is -2.38. The third kappa shape index (κ3) is 3.60. The van der Waals surface area contributed by atoms with Crippen LogP contribution in [-0.4, -0.2) is 50.6 Å². The maximum Gasteiger partial charge on any atom is 0.222 e. The molecule has 3 heterocycles. The Morgan fingerprint density at radius 1 is 1.22 bits per heavy atom. The molecule has 1 fully saturated rings. The van der Waals surface area contributed by atoms with Gasteiger partial charge in [-0.3, -0.25) is 14.3 Å². The zero-order valence-corrected chi connectivity index (χ0v) is 16.7. The van der Waals surface area contributed by atoms with Gasteiger partial charge in [0.1, 0.15) is 5.82 Å². The molecule has 0 saturated carbocycles. The number of hydrogen-bond acceptors (Lipinski definition) is 4. The molecule has 0 unspecified atom stereocenters. The first-order valence-corrected chi connectivity index (χ1v) is 10.1. The molecule has 27 heavy (non-hydrogen) atoms. The largest absolute Gasteiger partial charge is 0.343 e. The minimum absolute atomic E-state index is 0.276. The molecule has 0 atom stereocenters. The molecule has 0 spiro atoms. The van der Waals surface area contributed by atoms with Crippen molar-refractivity contribution in [2.45, 2.75) is 51.6 Å². The number of fused-ring (bicyclic) bond motifs is 3. The predicted octanol–water partition coefficient (Wildman–Crippen LogP) is 3.37. The summed E-state index contributed by atoms with van der Waals surface area (Å²) in [6.45, 7) is 5.25. The number of halogens is 1. The average molecular weight is 388 g/mol. The van der Waals surface area contributed by atoms with Gasteiger partial charge in [0.2, 0.25) is 5.91 Å². The van der Waals surface area contributed by atoms with Gasteiger partial charge in [-0.2, -0.15) is 0 Å². The number of benzene rings is 1. The average Bonchev–Trinajstić information content (AvgIpc) is 2.99. The third-order valence-electron chi connectivity index (χ3n) is 5.57. The van der Waals surface area contributed by atoms with Crippen LogP contribution >= 0.6 is 11.6 Å². The van der Waals surface area contributed by atoms with E-state index in [0.29, 0.717) is 12.3 Å². The molecule has 1 aromatic carbocycles. The fourth-order valence-electron chi connectivity index (χ4n) is 4.21. The topological polar surface area (TPSA) is 54.3 Å². The maximum absolute atomic E-state index is 12.2. The monoisotopic (exact) mass is 387 g/mol. The minimum Gasteiger partial charge on any atom is -0.343 e. The summed E-state index contributed by atoms with van der Waals surface area (Å²) in [5.41, 5.74) is 2.32. The van der Waals surface area contributed by atoms with Crippen LogP contribution in [0.25, 0.3) is 5.69 Å². The van der Waals surface area contributed by atoms with Gasteiger partial charge >= 0.3 is 0 Å². The first-order valence-electron chi connectivity index (χ1n) is 9.76. The van der Waals surface area contributed by atoms with Crippen LogP contribution in [0.1, 0.15) is 55.7 Å². The summed E-state index contributed by atoms with van der Waals surface area (Å²) < 4.78 is 2.23. The lowest BCUT2D eigenvalue weighted by Gasteiger charge is -2.32. The van der Waals surface area contributed by atoms with Crippen LogP contribution in [0.2, 0.25) is 5.02 Å². The van der Waals surface area contributed by atoms with Crippen molar-refractivity contribution in [2.24, 2.45) is 0 Å². The number of likely N-dealkylation sites (tertiary alicyclic amines) is 1. The highest BCUT2D eigenvalue weighted by molar-refractivity contribution is 6.30. The number of nitrogens with zero attached hydrogens (tertiary/aromatic N) is 5. The summed E-state index contributed by atoms with van der Waals surface area (Å²) in [5, 5.41) is 9.83. The predicted molar refractivity (Wildman–Crippen MR) is 105 cm³/mol. The first-order chi connectivity index (χ1) is 13.1. The van der Waals surface area contributed by atoms with Crippen molar-refractivity contribution in [3.63, 3.8) is 0 Å². The quantitative estimate of drug-likeness (QED) is 0.810. The number of hydrogen-bond donors (Lipinski definition) is 0. The van der Waals surface area contributed by atoms with Crippen LogP contribution in [0.5, 0.6) is 0 Å². The molecular weight excluding hydrogens is 362 g/mol. The van der Waals surface area contributed by atoms with E-state index in [0.717, 1.165) is 67.8 Å². The van der Waals surface area contributed by atoms with Gasteiger partial charge in [-0.1, -0.05) is 18.5 Å². The maximum atomic E-state index is 12.2. The standard InChI is InChI=1S/C20H26ClN5O/c1-3-4-19(27)25-9-7-14(8-10-25)20-23-22-18-13-24(2)12-15-11-16(21)5-6-17(15)26(18)20/h5-6,11,14H,3-4,7-10,12-13H2,1-2H3. The van der Waals surface area contributed by atoms with Crippen molar-refractivity contribution in [1.82, 2.24) is 24.6 Å². The molecule has 2 aromatic rings. The Morgan fingerprint density at radius 3 is 2.74 bits per heavy atom. The van der Waals surface area contributed by atoms with Crippen molar-refractivity contribution >= 4 is 17.5 Å².